The average Bonchev–Trinajstić information content (AvgIpc) is 3.07. The van der Waals surface area contributed by atoms with Crippen molar-refractivity contribution in [3.63, 3.8) is 0 Å². The number of hydrogen-bond acceptors (Lipinski definition) is 4. The molecule has 0 radical (unpaired) electrons. The Morgan fingerprint density at radius 3 is 2.37 bits per heavy atom. The molecule has 0 saturated heterocycles. The number of rotatable bonds is 9. The van der Waals surface area contributed by atoms with Gasteiger partial charge in [-0.3, -0.25) is 13.9 Å². The van der Waals surface area contributed by atoms with Crippen LogP contribution in [0.25, 0.3) is 10.8 Å². The van der Waals surface area contributed by atoms with Gasteiger partial charge in [-0.25, -0.2) is 8.42 Å². The van der Waals surface area contributed by atoms with Crippen LogP contribution in [0.1, 0.15) is 52.5 Å². The van der Waals surface area contributed by atoms with Crippen LogP contribution in [-0.4, -0.2) is 43.3 Å². The summed E-state index contributed by atoms with van der Waals surface area (Å²) in [5.74, 6) is -0.460. The summed E-state index contributed by atoms with van der Waals surface area (Å²) in [7, 11) is -3.70. The lowest BCUT2D eigenvalue weighted by atomic mass is 10.0. The quantitative estimate of drug-likeness (QED) is 0.377. The van der Waals surface area contributed by atoms with E-state index < -0.39 is 21.6 Å². The summed E-state index contributed by atoms with van der Waals surface area (Å²) < 4.78 is 28.0. The third-order valence-corrected chi connectivity index (χ3v) is 8.84. The van der Waals surface area contributed by atoms with E-state index in [2.05, 4.69) is 5.32 Å². The second-order valence-electron chi connectivity index (χ2n) is 10.6. The van der Waals surface area contributed by atoms with Crippen LogP contribution in [0.2, 0.25) is 5.02 Å². The first-order chi connectivity index (χ1) is 17.9. The second kappa shape index (κ2) is 10.9. The van der Waals surface area contributed by atoms with Crippen molar-refractivity contribution in [2.75, 3.05) is 10.8 Å². The first-order valence-electron chi connectivity index (χ1n) is 12.8. The highest BCUT2D eigenvalue weighted by Crippen LogP contribution is 2.42. The maximum Gasteiger partial charge on any atom is 0.265 e. The van der Waals surface area contributed by atoms with E-state index in [0.717, 1.165) is 10.9 Å². The number of halogens is 1. The average molecular weight is 556 g/mol. The van der Waals surface area contributed by atoms with Crippen molar-refractivity contribution in [1.29, 1.82) is 0 Å². The van der Waals surface area contributed by atoms with Gasteiger partial charge in [0, 0.05) is 35.5 Å². The lowest BCUT2D eigenvalue weighted by molar-refractivity contribution is -0.142. The predicted octanol–water partition coefficient (Wildman–Crippen LogP) is 5.50. The van der Waals surface area contributed by atoms with E-state index in [0.29, 0.717) is 33.8 Å². The summed E-state index contributed by atoms with van der Waals surface area (Å²) in [6.45, 7) is 7.90. The van der Waals surface area contributed by atoms with Crippen LogP contribution in [0, 0.1) is 0 Å². The predicted molar refractivity (Wildman–Crippen MR) is 152 cm³/mol. The van der Waals surface area contributed by atoms with Crippen molar-refractivity contribution in [3.8, 4) is 0 Å². The maximum absolute atomic E-state index is 13.6. The van der Waals surface area contributed by atoms with Gasteiger partial charge in [-0.05, 0) is 62.8 Å². The molecule has 0 aliphatic carbocycles. The number of sulfonamides is 1. The van der Waals surface area contributed by atoms with Crippen LogP contribution >= 0.6 is 11.6 Å². The molecule has 3 aromatic carbocycles. The normalized spacial score (nSPS) is 14.9. The lowest BCUT2D eigenvalue weighted by Crippen LogP contribution is -2.53. The fourth-order valence-corrected chi connectivity index (χ4v) is 6.84. The minimum absolute atomic E-state index is 0.0854. The first kappa shape index (κ1) is 27.9. The monoisotopic (exact) mass is 555 g/mol. The molecule has 0 spiro atoms. The smallest absolute Gasteiger partial charge is 0.265 e. The standard InChI is InChI=1S/C29H34ClN3O4S/c1-5-23(28(35)31-29(2,3)4)32(19-21-11-6-7-14-22(21)30)26(34)17-10-18-33-24-15-8-12-20-13-9-16-25(27(20)24)38(33,36)37/h6-9,11-16,23H,5,10,17-19H2,1-4H3,(H,31,35)/t23-/m1/s1. The first-order valence-corrected chi connectivity index (χ1v) is 14.6. The summed E-state index contributed by atoms with van der Waals surface area (Å²) in [5, 5.41) is 5.08. The molecule has 1 N–H and O–H groups in total. The molecule has 7 nitrogen and oxygen atoms in total. The number of nitrogens with one attached hydrogen (secondary N) is 1. The third-order valence-electron chi connectivity index (χ3n) is 6.62. The molecule has 3 aromatic rings. The van der Waals surface area contributed by atoms with Crippen LogP contribution in [0.4, 0.5) is 5.69 Å². The molecule has 9 heteroatoms. The summed E-state index contributed by atoms with van der Waals surface area (Å²) in [6.07, 6.45) is 0.816. The molecule has 1 heterocycles. The molecule has 1 aliphatic rings. The fraction of sp³-hybridized carbons (Fsp3) is 0.379. The fourth-order valence-electron chi connectivity index (χ4n) is 4.90. The Labute approximate surface area is 229 Å². The number of carbonyl (C=O) groups excluding carboxylic acids is 2. The van der Waals surface area contributed by atoms with Gasteiger partial charge in [-0.2, -0.15) is 0 Å². The van der Waals surface area contributed by atoms with E-state index in [9.17, 15) is 18.0 Å². The van der Waals surface area contributed by atoms with Crippen LogP contribution in [0.3, 0.4) is 0 Å². The van der Waals surface area contributed by atoms with Crippen molar-refractivity contribution < 1.29 is 18.0 Å². The molecule has 2 amide bonds. The Hall–Kier alpha value is -3.10. The summed E-state index contributed by atoms with van der Waals surface area (Å²) in [6, 6.07) is 17.4. The highest BCUT2D eigenvalue weighted by Gasteiger charge is 2.36. The van der Waals surface area contributed by atoms with Crippen LogP contribution < -0.4 is 9.62 Å². The van der Waals surface area contributed by atoms with Crippen molar-refractivity contribution in [1.82, 2.24) is 10.2 Å². The molecule has 202 valence electrons. The Bertz CT molecular complexity index is 1460. The summed E-state index contributed by atoms with van der Waals surface area (Å²) in [4.78, 5) is 28.7. The summed E-state index contributed by atoms with van der Waals surface area (Å²) in [5.41, 5.74) is 0.923. The molecule has 1 aliphatic heterocycles. The van der Waals surface area contributed by atoms with E-state index in [1.807, 2.05) is 64.1 Å². The SMILES string of the molecule is CC[C@H](C(=O)NC(C)(C)C)N(Cc1ccccc1Cl)C(=O)CCCN1c2cccc3cccc(c23)S1(=O)=O. The molecule has 0 aromatic heterocycles. The zero-order chi connectivity index (χ0) is 27.7. The number of amides is 2. The molecular formula is C29H34ClN3O4S. The number of hydrogen-bond donors (Lipinski definition) is 1. The Morgan fingerprint density at radius 2 is 1.71 bits per heavy atom. The third kappa shape index (κ3) is 5.66. The van der Waals surface area contributed by atoms with Gasteiger partial charge in [0.2, 0.25) is 11.8 Å². The molecule has 0 fully saturated rings. The van der Waals surface area contributed by atoms with Gasteiger partial charge >= 0.3 is 0 Å². The zero-order valence-corrected chi connectivity index (χ0v) is 23.8. The Kier molecular flexibility index (Phi) is 8.04. The molecule has 38 heavy (non-hydrogen) atoms. The van der Waals surface area contributed by atoms with Gasteiger partial charge in [0.15, 0.2) is 0 Å². The van der Waals surface area contributed by atoms with Crippen LogP contribution in [-0.2, 0) is 26.2 Å². The Morgan fingerprint density at radius 1 is 1.03 bits per heavy atom. The molecule has 4 rings (SSSR count). The van der Waals surface area contributed by atoms with E-state index in [4.69, 9.17) is 11.6 Å². The molecule has 0 unspecified atom stereocenters. The van der Waals surface area contributed by atoms with Gasteiger partial charge in [0.25, 0.3) is 10.0 Å². The van der Waals surface area contributed by atoms with Crippen LogP contribution in [0.5, 0.6) is 0 Å². The van der Waals surface area contributed by atoms with Gasteiger partial charge in [-0.1, -0.05) is 61.0 Å². The second-order valence-corrected chi connectivity index (χ2v) is 12.8. The lowest BCUT2D eigenvalue weighted by Gasteiger charge is -2.33. The van der Waals surface area contributed by atoms with Gasteiger partial charge < -0.3 is 10.2 Å². The van der Waals surface area contributed by atoms with E-state index in [1.54, 1.807) is 29.2 Å². The molecule has 0 saturated carbocycles. The molecule has 0 bridgehead atoms. The minimum atomic E-state index is -3.70. The van der Waals surface area contributed by atoms with E-state index >= 15 is 0 Å². The highest BCUT2D eigenvalue weighted by molar-refractivity contribution is 7.93. The van der Waals surface area contributed by atoms with Crippen molar-refractivity contribution in [3.05, 3.63) is 71.2 Å². The number of anilines is 1. The van der Waals surface area contributed by atoms with E-state index in [-0.39, 0.29) is 31.3 Å². The zero-order valence-electron chi connectivity index (χ0n) is 22.2. The van der Waals surface area contributed by atoms with Crippen LogP contribution in [0.15, 0.2) is 65.6 Å². The van der Waals surface area contributed by atoms with Gasteiger partial charge in [0.1, 0.15) is 6.04 Å². The maximum atomic E-state index is 13.6. The Balaban J connectivity index is 1.54. The molecule has 1 atom stereocenters. The number of carbonyl (C=O) groups is 2. The summed E-state index contributed by atoms with van der Waals surface area (Å²) >= 11 is 6.40. The molecular weight excluding hydrogens is 522 g/mol. The van der Waals surface area contributed by atoms with Gasteiger partial charge in [-0.15, -0.1) is 0 Å². The minimum Gasteiger partial charge on any atom is -0.350 e. The van der Waals surface area contributed by atoms with Gasteiger partial charge in [0.05, 0.1) is 10.6 Å². The number of benzene rings is 3. The highest BCUT2D eigenvalue weighted by atomic mass is 35.5. The number of nitrogens with zero attached hydrogens (tertiary/aromatic N) is 2. The van der Waals surface area contributed by atoms with E-state index in [1.165, 1.54) is 4.31 Å². The van der Waals surface area contributed by atoms with Crippen molar-refractivity contribution in [2.45, 2.75) is 70.0 Å². The topological polar surface area (TPSA) is 86.8 Å². The largest absolute Gasteiger partial charge is 0.350 e. The van der Waals surface area contributed by atoms with Crippen molar-refractivity contribution in [2.24, 2.45) is 0 Å². The van der Waals surface area contributed by atoms with Crippen molar-refractivity contribution >= 4 is 49.9 Å².